The van der Waals surface area contributed by atoms with Crippen molar-refractivity contribution in [3.63, 3.8) is 0 Å². The van der Waals surface area contributed by atoms with Gasteiger partial charge >= 0.3 is 0 Å². The van der Waals surface area contributed by atoms with Crippen LogP contribution in [0.5, 0.6) is 0 Å². The van der Waals surface area contributed by atoms with E-state index >= 15 is 0 Å². The highest BCUT2D eigenvalue weighted by Gasteiger charge is 2.36. The van der Waals surface area contributed by atoms with Gasteiger partial charge in [0, 0.05) is 45.0 Å². The number of carbonyl (C=O) groups excluding carboxylic acids is 1. The zero-order valence-electron chi connectivity index (χ0n) is 18.3. The Bertz CT molecular complexity index is 1020. The fourth-order valence-corrected chi connectivity index (χ4v) is 5.78. The van der Waals surface area contributed by atoms with E-state index in [1.54, 1.807) is 0 Å². The first-order valence-corrected chi connectivity index (χ1v) is 12.8. The topological polar surface area (TPSA) is 60.9 Å². The summed E-state index contributed by atoms with van der Waals surface area (Å²) in [6, 6.07) is 15.7. The van der Waals surface area contributed by atoms with Gasteiger partial charge in [0.25, 0.3) is 0 Å². The lowest BCUT2D eigenvalue weighted by Crippen LogP contribution is -2.54. The molecule has 0 N–H and O–H groups in total. The van der Waals surface area contributed by atoms with Gasteiger partial charge in [-0.1, -0.05) is 42.5 Å². The molecular weight excluding hydrogens is 410 g/mol. The molecule has 0 spiro atoms. The Morgan fingerprint density at radius 1 is 0.839 bits per heavy atom. The van der Waals surface area contributed by atoms with Crippen molar-refractivity contribution in [2.75, 3.05) is 55.7 Å². The van der Waals surface area contributed by atoms with Crippen LogP contribution in [0.2, 0.25) is 0 Å². The molecule has 1 atom stereocenters. The van der Waals surface area contributed by atoms with E-state index in [0.29, 0.717) is 26.2 Å². The van der Waals surface area contributed by atoms with E-state index in [4.69, 9.17) is 0 Å². The first-order valence-electron chi connectivity index (χ1n) is 10.9. The lowest BCUT2D eigenvalue weighted by molar-refractivity contribution is -0.137. The second kappa shape index (κ2) is 9.01. The zero-order chi connectivity index (χ0) is 22.0. The number of rotatable bonds is 4. The average Bonchev–Trinajstić information content (AvgIpc) is 2.78. The number of nitrogens with zero attached hydrogens (tertiary/aromatic N) is 3. The van der Waals surface area contributed by atoms with Gasteiger partial charge in [0.2, 0.25) is 5.91 Å². The molecule has 2 aromatic rings. The molecule has 2 aliphatic rings. The monoisotopic (exact) mass is 441 g/mol. The summed E-state index contributed by atoms with van der Waals surface area (Å²) in [6.45, 7) is 8.01. The highest BCUT2D eigenvalue weighted by atomic mass is 32.2. The molecule has 0 radical (unpaired) electrons. The number of benzene rings is 2. The maximum Gasteiger partial charge on any atom is 0.244 e. The van der Waals surface area contributed by atoms with Crippen LogP contribution in [0.3, 0.4) is 0 Å². The highest BCUT2D eigenvalue weighted by Crippen LogP contribution is 2.28. The number of sulfone groups is 1. The van der Waals surface area contributed by atoms with Crippen molar-refractivity contribution in [3.8, 4) is 0 Å². The fourth-order valence-electron chi connectivity index (χ4n) is 4.55. The van der Waals surface area contributed by atoms with Gasteiger partial charge in [-0.3, -0.25) is 9.69 Å². The molecule has 2 saturated heterocycles. The molecule has 7 heteroatoms. The van der Waals surface area contributed by atoms with Crippen LogP contribution < -0.4 is 4.90 Å². The summed E-state index contributed by atoms with van der Waals surface area (Å²) in [4.78, 5) is 20.0. The summed E-state index contributed by atoms with van der Waals surface area (Å²) in [5.74, 6) is 0.305. The molecule has 2 heterocycles. The number of hydrogen-bond donors (Lipinski definition) is 0. The van der Waals surface area contributed by atoms with Crippen LogP contribution in [0.25, 0.3) is 0 Å². The van der Waals surface area contributed by atoms with Crippen molar-refractivity contribution in [3.05, 3.63) is 65.2 Å². The second-order valence-electron chi connectivity index (χ2n) is 8.53. The third-order valence-corrected chi connectivity index (χ3v) is 8.21. The number of anilines is 1. The summed E-state index contributed by atoms with van der Waals surface area (Å²) in [7, 11) is -3.00. The number of hydrogen-bond acceptors (Lipinski definition) is 5. The summed E-state index contributed by atoms with van der Waals surface area (Å²) in [5.41, 5.74) is 4.75. The third-order valence-electron chi connectivity index (χ3n) is 6.60. The van der Waals surface area contributed by atoms with Crippen LogP contribution in [-0.2, 0) is 14.6 Å². The molecule has 1 amide bonds. The van der Waals surface area contributed by atoms with Gasteiger partial charge < -0.3 is 9.80 Å². The summed E-state index contributed by atoms with van der Waals surface area (Å²) in [6.07, 6.45) is 0. The number of piperazine rings is 1. The Hall–Kier alpha value is -2.38. The Labute approximate surface area is 185 Å². The van der Waals surface area contributed by atoms with Gasteiger partial charge in [0.05, 0.1) is 11.5 Å². The maximum absolute atomic E-state index is 13.6. The Balaban J connectivity index is 1.50. The second-order valence-corrected chi connectivity index (χ2v) is 10.8. The highest BCUT2D eigenvalue weighted by molar-refractivity contribution is 7.91. The van der Waals surface area contributed by atoms with E-state index < -0.39 is 15.9 Å². The molecule has 0 saturated carbocycles. The van der Waals surface area contributed by atoms with Crippen molar-refractivity contribution in [2.24, 2.45) is 0 Å². The van der Waals surface area contributed by atoms with E-state index in [0.717, 1.165) is 18.7 Å². The molecule has 2 fully saturated rings. The van der Waals surface area contributed by atoms with E-state index in [1.807, 2.05) is 40.1 Å². The number of amides is 1. The zero-order valence-corrected chi connectivity index (χ0v) is 19.1. The van der Waals surface area contributed by atoms with Gasteiger partial charge in [-0.25, -0.2) is 8.42 Å². The standard InChI is InChI=1S/C24H31N3O3S/c1-19-7-6-10-22(20(19)2)25-11-13-27(14-12-25)24(28)23(21-8-4-3-5-9-21)26-15-17-31(29,30)18-16-26/h3-10,23H,11-18H2,1-2H3. The summed E-state index contributed by atoms with van der Waals surface area (Å²) >= 11 is 0. The van der Waals surface area contributed by atoms with E-state index in [-0.39, 0.29) is 17.4 Å². The molecule has 2 aliphatic heterocycles. The van der Waals surface area contributed by atoms with Crippen molar-refractivity contribution < 1.29 is 13.2 Å². The van der Waals surface area contributed by atoms with Gasteiger partial charge in [0.15, 0.2) is 9.84 Å². The molecule has 0 aliphatic carbocycles. The van der Waals surface area contributed by atoms with E-state index in [2.05, 4.69) is 36.9 Å². The lowest BCUT2D eigenvalue weighted by Gasteiger charge is -2.41. The Morgan fingerprint density at radius 2 is 1.48 bits per heavy atom. The lowest BCUT2D eigenvalue weighted by atomic mass is 10.0. The number of carbonyl (C=O) groups is 1. The molecule has 2 aromatic carbocycles. The van der Waals surface area contributed by atoms with Crippen molar-refractivity contribution in [2.45, 2.75) is 19.9 Å². The smallest absolute Gasteiger partial charge is 0.244 e. The minimum absolute atomic E-state index is 0.0751. The number of aryl methyl sites for hydroxylation is 1. The van der Waals surface area contributed by atoms with Crippen LogP contribution in [0.4, 0.5) is 5.69 Å². The molecule has 6 nitrogen and oxygen atoms in total. The first kappa shape index (κ1) is 21.8. The largest absolute Gasteiger partial charge is 0.368 e. The van der Waals surface area contributed by atoms with Crippen molar-refractivity contribution in [1.29, 1.82) is 0 Å². The van der Waals surface area contributed by atoms with Crippen LogP contribution in [0.15, 0.2) is 48.5 Å². The van der Waals surface area contributed by atoms with Gasteiger partial charge in [0.1, 0.15) is 6.04 Å². The quantitative estimate of drug-likeness (QED) is 0.729. The predicted molar refractivity (Wildman–Crippen MR) is 124 cm³/mol. The first-order chi connectivity index (χ1) is 14.9. The van der Waals surface area contributed by atoms with Gasteiger partial charge in [-0.2, -0.15) is 0 Å². The van der Waals surface area contributed by atoms with E-state index in [1.165, 1.54) is 16.8 Å². The molecule has 31 heavy (non-hydrogen) atoms. The van der Waals surface area contributed by atoms with Crippen LogP contribution in [0, 0.1) is 13.8 Å². The van der Waals surface area contributed by atoms with E-state index in [9.17, 15) is 13.2 Å². The van der Waals surface area contributed by atoms with Crippen LogP contribution >= 0.6 is 0 Å². The molecular formula is C24H31N3O3S. The van der Waals surface area contributed by atoms with Crippen molar-refractivity contribution >= 4 is 21.4 Å². The minimum atomic E-state index is -3.00. The molecule has 1 unspecified atom stereocenters. The molecule has 166 valence electrons. The van der Waals surface area contributed by atoms with Crippen LogP contribution in [0.1, 0.15) is 22.7 Å². The Kier molecular flexibility index (Phi) is 6.34. The molecule has 4 rings (SSSR count). The minimum Gasteiger partial charge on any atom is -0.368 e. The summed E-state index contributed by atoms with van der Waals surface area (Å²) in [5, 5.41) is 0. The van der Waals surface area contributed by atoms with Gasteiger partial charge in [-0.05, 0) is 36.6 Å². The average molecular weight is 442 g/mol. The predicted octanol–water partition coefficient (Wildman–Crippen LogP) is 2.42. The van der Waals surface area contributed by atoms with Gasteiger partial charge in [-0.15, -0.1) is 0 Å². The third kappa shape index (κ3) is 4.77. The van der Waals surface area contributed by atoms with Crippen molar-refractivity contribution in [1.82, 2.24) is 9.80 Å². The molecule has 0 aromatic heterocycles. The Morgan fingerprint density at radius 3 is 2.13 bits per heavy atom. The molecule has 0 bridgehead atoms. The maximum atomic E-state index is 13.6. The SMILES string of the molecule is Cc1cccc(N2CCN(C(=O)C(c3ccccc3)N3CCS(=O)(=O)CC3)CC2)c1C. The fraction of sp³-hybridized carbons (Fsp3) is 0.458. The van der Waals surface area contributed by atoms with Crippen LogP contribution in [-0.4, -0.2) is 74.9 Å². The normalized spacial score (nSPS) is 20.5. The summed E-state index contributed by atoms with van der Waals surface area (Å²) < 4.78 is 23.8.